The standard InChI is InChI=1S/C7H12N2O/c1-5-4-9-10-6(5)7(2,3)8/h4H,8H2,1-3H3. The van der Waals surface area contributed by atoms with Crippen molar-refractivity contribution in [2.45, 2.75) is 26.3 Å². The van der Waals surface area contributed by atoms with E-state index in [1.807, 2.05) is 20.8 Å². The van der Waals surface area contributed by atoms with Crippen LogP contribution in [0.1, 0.15) is 25.2 Å². The second kappa shape index (κ2) is 2.09. The molecule has 1 aromatic heterocycles. The van der Waals surface area contributed by atoms with Crippen LogP contribution < -0.4 is 5.73 Å². The quantitative estimate of drug-likeness (QED) is 0.637. The molecule has 0 saturated carbocycles. The van der Waals surface area contributed by atoms with Crippen LogP contribution in [0, 0.1) is 6.92 Å². The maximum Gasteiger partial charge on any atom is 0.158 e. The zero-order valence-electron chi connectivity index (χ0n) is 6.51. The monoisotopic (exact) mass is 140 g/mol. The summed E-state index contributed by atoms with van der Waals surface area (Å²) in [6.45, 7) is 5.71. The summed E-state index contributed by atoms with van der Waals surface area (Å²) in [6.07, 6.45) is 1.67. The normalized spacial score (nSPS) is 12.0. The van der Waals surface area contributed by atoms with E-state index in [0.29, 0.717) is 0 Å². The van der Waals surface area contributed by atoms with Gasteiger partial charge in [-0.15, -0.1) is 0 Å². The molecule has 0 spiro atoms. The SMILES string of the molecule is Cc1cnoc1C(C)(C)N. The Bertz CT molecular complexity index is 222. The Kier molecular flexibility index (Phi) is 1.52. The summed E-state index contributed by atoms with van der Waals surface area (Å²) in [5.41, 5.74) is 6.36. The molecule has 0 aliphatic heterocycles. The lowest BCUT2D eigenvalue weighted by atomic mass is 10.0. The average molecular weight is 140 g/mol. The number of nitrogens with zero attached hydrogens (tertiary/aromatic N) is 1. The molecule has 2 N–H and O–H groups in total. The Morgan fingerprint density at radius 3 is 2.40 bits per heavy atom. The van der Waals surface area contributed by atoms with Gasteiger partial charge in [0.05, 0.1) is 11.7 Å². The van der Waals surface area contributed by atoms with Crippen LogP contribution in [0.2, 0.25) is 0 Å². The summed E-state index contributed by atoms with van der Waals surface area (Å²) in [7, 11) is 0. The molecule has 1 aromatic rings. The second-order valence-corrected chi connectivity index (χ2v) is 3.06. The van der Waals surface area contributed by atoms with E-state index in [0.717, 1.165) is 11.3 Å². The molecule has 0 aromatic carbocycles. The van der Waals surface area contributed by atoms with Gasteiger partial charge in [-0.05, 0) is 20.8 Å². The van der Waals surface area contributed by atoms with Gasteiger partial charge >= 0.3 is 0 Å². The molecule has 10 heavy (non-hydrogen) atoms. The zero-order chi connectivity index (χ0) is 7.78. The van der Waals surface area contributed by atoms with Gasteiger partial charge in [-0.25, -0.2) is 0 Å². The van der Waals surface area contributed by atoms with Gasteiger partial charge in [0.1, 0.15) is 0 Å². The van der Waals surface area contributed by atoms with E-state index in [1.165, 1.54) is 0 Å². The van der Waals surface area contributed by atoms with Gasteiger partial charge < -0.3 is 10.3 Å². The Morgan fingerprint density at radius 2 is 2.20 bits per heavy atom. The van der Waals surface area contributed by atoms with E-state index >= 15 is 0 Å². The molecule has 0 unspecified atom stereocenters. The van der Waals surface area contributed by atoms with Crippen molar-refractivity contribution in [3.63, 3.8) is 0 Å². The average Bonchev–Trinajstić information content (AvgIpc) is 2.11. The number of aryl methyl sites for hydroxylation is 1. The van der Waals surface area contributed by atoms with Crippen LogP contribution in [0.3, 0.4) is 0 Å². The van der Waals surface area contributed by atoms with Crippen molar-refractivity contribution in [1.29, 1.82) is 0 Å². The van der Waals surface area contributed by atoms with E-state index in [-0.39, 0.29) is 0 Å². The fourth-order valence-electron chi connectivity index (χ4n) is 0.915. The highest BCUT2D eigenvalue weighted by molar-refractivity contribution is 5.17. The van der Waals surface area contributed by atoms with Gasteiger partial charge in [0.2, 0.25) is 0 Å². The highest BCUT2D eigenvalue weighted by Gasteiger charge is 2.20. The Hall–Kier alpha value is -0.830. The summed E-state index contributed by atoms with van der Waals surface area (Å²) in [5, 5.41) is 3.63. The highest BCUT2D eigenvalue weighted by atomic mass is 16.5. The van der Waals surface area contributed by atoms with Crippen molar-refractivity contribution in [3.05, 3.63) is 17.5 Å². The lowest BCUT2D eigenvalue weighted by Gasteiger charge is -2.14. The maximum absolute atomic E-state index is 5.77. The number of hydrogen-bond acceptors (Lipinski definition) is 3. The van der Waals surface area contributed by atoms with E-state index in [2.05, 4.69) is 5.16 Å². The molecule has 0 atom stereocenters. The van der Waals surface area contributed by atoms with Crippen LogP contribution in [0.15, 0.2) is 10.7 Å². The summed E-state index contributed by atoms with van der Waals surface area (Å²) >= 11 is 0. The van der Waals surface area contributed by atoms with Crippen LogP contribution in [0.5, 0.6) is 0 Å². The third-order valence-electron chi connectivity index (χ3n) is 1.33. The lowest BCUT2D eigenvalue weighted by Crippen LogP contribution is -2.28. The van der Waals surface area contributed by atoms with Crippen LogP contribution in [0.25, 0.3) is 0 Å². The fraction of sp³-hybridized carbons (Fsp3) is 0.571. The smallest absolute Gasteiger partial charge is 0.158 e. The van der Waals surface area contributed by atoms with Crippen molar-refractivity contribution in [3.8, 4) is 0 Å². The molecular weight excluding hydrogens is 128 g/mol. The Morgan fingerprint density at radius 1 is 1.60 bits per heavy atom. The molecule has 1 heterocycles. The third kappa shape index (κ3) is 1.19. The summed E-state index contributed by atoms with van der Waals surface area (Å²) < 4.78 is 4.95. The fourth-order valence-corrected chi connectivity index (χ4v) is 0.915. The first kappa shape index (κ1) is 7.28. The van der Waals surface area contributed by atoms with Crippen molar-refractivity contribution >= 4 is 0 Å². The van der Waals surface area contributed by atoms with Gasteiger partial charge in [-0.2, -0.15) is 0 Å². The van der Waals surface area contributed by atoms with Gasteiger partial charge in [0.15, 0.2) is 5.76 Å². The van der Waals surface area contributed by atoms with E-state index in [4.69, 9.17) is 10.3 Å². The molecule has 3 nitrogen and oxygen atoms in total. The Balaban J connectivity index is 3.05. The summed E-state index contributed by atoms with van der Waals surface area (Å²) in [5.74, 6) is 0.757. The van der Waals surface area contributed by atoms with Gasteiger partial charge in [0, 0.05) is 5.56 Å². The van der Waals surface area contributed by atoms with Crippen molar-refractivity contribution < 1.29 is 4.52 Å². The molecule has 0 amide bonds. The first-order valence-electron chi connectivity index (χ1n) is 3.22. The van der Waals surface area contributed by atoms with Crippen LogP contribution in [-0.4, -0.2) is 5.16 Å². The molecule has 0 saturated heterocycles. The molecule has 0 bridgehead atoms. The van der Waals surface area contributed by atoms with Crippen LogP contribution in [0.4, 0.5) is 0 Å². The van der Waals surface area contributed by atoms with Crippen molar-refractivity contribution in [1.82, 2.24) is 5.16 Å². The first-order chi connectivity index (χ1) is 4.52. The predicted octanol–water partition coefficient (Wildman–Crippen LogP) is 1.18. The highest BCUT2D eigenvalue weighted by Crippen LogP contribution is 2.19. The van der Waals surface area contributed by atoms with E-state index < -0.39 is 5.54 Å². The van der Waals surface area contributed by atoms with E-state index in [9.17, 15) is 0 Å². The molecule has 0 aliphatic carbocycles. The minimum Gasteiger partial charge on any atom is -0.359 e. The maximum atomic E-state index is 5.77. The predicted molar refractivity (Wildman–Crippen MR) is 38.5 cm³/mol. The lowest BCUT2D eigenvalue weighted by molar-refractivity contribution is 0.319. The van der Waals surface area contributed by atoms with E-state index in [1.54, 1.807) is 6.20 Å². The van der Waals surface area contributed by atoms with Crippen molar-refractivity contribution in [2.75, 3.05) is 0 Å². The summed E-state index contributed by atoms with van der Waals surface area (Å²) in [4.78, 5) is 0. The number of rotatable bonds is 1. The van der Waals surface area contributed by atoms with Crippen LogP contribution >= 0.6 is 0 Å². The molecule has 0 aliphatic rings. The molecule has 0 fully saturated rings. The molecule has 3 heteroatoms. The largest absolute Gasteiger partial charge is 0.359 e. The Labute approximate surface area is 60.2 Å². The minimum absolute atomic E-state index is 0.416. The zero-order valence-corrected chi connectivity index (χ0v) is 6.51. The van der Waals surface area contributed by atoms with Gasteiger partial charge in [-0.3, -0.25) is 0 Å². The number of hydrogen-bond donors (Lipinski definition) is 1. The molecule has 0 radical (unpaired) electrons. The molecule has 56 valence electrons. The van der Waals surface area contributed by atoms with Gasteiger partial charge in [-0.1, -0.05) is 5.16 Å². The molecular formula is C7H12N2O. The minimum atomic E-state index is -0.416. The van der Waals surface area contributed by atoms with Crippen LogP contribution in [-0.2, 0) is 5.54 Å². The van der Waals surface area contributed by atoms with Gasteiger partial charge in [0.25, 0.3) is 0 Å². The second-order valence-electron chi connectivity index (χ2n) is 3.06. The molecule has 1 rings (SSSR count). The summed E-state index contributed by atoms with van der Waals surface area (Å²) in [6, 6.07) is 0. The topological polar surface area (TPSA) is 52.0 Å². The number of nitrogens with two attached hydrogens (primary N) is 1. The van der Waals surface area contributed by atoms with Crippen molar-refractivity contribution in [2.24, 2.45) is 5.73 Å². The number of aromatic nitrogens is 1. The third-order valence-corrected chi connectivity index (χ3v) is 1.33. The first-order valence-corrected chi connectivity index (χ1v) is 3.22.